The molecule has 0 radical (unpaired) electrons. The van der Waals surface area contributed by atoms with E-state index in [-0.39, 0.29) is 22.3 Å². The second kappa shape index (κ2) is 47.7. The molecule has 0 N–H and O–H groups in total. The Kier molecular flexibility index (Phi) is 47.7. The molecule has 85 heavy (non-hydrogen) atoms. The van der Waals surface area contributed by atoms with E-state index in [1.165, 1.54) is 105 Å². The number of benzene rings is 8. The fraction of sp³-hybridized carbons (Fsp3) is 0.412. The van der Waals surface area contributed by atoms with Crippen LogP contribution in [0.1, 0.15) is 289 Å². The summed E-state index contributed by atoms with van der Waals surface area (Å²) in [7, 11) is 0. The topological polar surface area (TPSA) is 0 Å². The maximum Gasteiger partial charge on any atom is 0.0358 e. The molecule has 0 aliphatic heterocycles. The Labute approximate surface area is 527 Å². The fourth-order valence-electron chi connectivity index (χ4n) is 11.4. The minimum absolute atomic E-state index is 0. The molecule has 3 atom stereocenters. The Morgan fingerprint density at radius 3 is 1.28 bits per heavy atom. The van der Waals surface area contributed by atoms with Crippen molar-refractivity contribution < 1.29 is 0 Å². The molecule has 468 valence electrons. The number of hydrogen-bond donors (Lipinski definition) is 0. The Balaban J connectivity index is -0.000000490. The lowest BCUT2D eigenvalue weighted by molar-refractivity contribution is 0.824. The quantitative estimate of drug-likeness (QED) is 0.133. The molecule has 7 aliphatic carbocycles. The maximum absolute atomic E-state index is 2.44. The van der Waals surface area contributed by atoms with Gasteiger partial charge in [-0.1, -0.05) is 378 Å². The molecule has 8 aromatic rings. The van der Waals surface area contributed by atoms with Crippen LogP contribution in [0.2, 0.25) is 0 Å². The predicted octanol–water partition coefficient (Wildman–Crippen LogP) is 29.9. The van der Waals surface area contributed by atoms with E-state index < -0.39 is 0 Å². The van der Waals surface area contributed by atoms with Gasteiger partial charge in [-0.05, 0) is 135 Å². The third-order valence-corrected chi connectivity index (χ3v) is 13.8. The van der Waals surface area contributed by atoms with Crippen molar-refractivity contribution in [2.45, 2.75) is 239 Å². The third kappa shape index (κ3) is 18.0. The molecule has 0 aromatic heterocycles. The van der Waals surface area contributed by atoms with Gasteiger partial charge in [0.1, 0.15) is 0 Å². The molecule has 0 spiro atoms. The van der Waals surface area contributed by atoms with E-state index in [0.717, 1.165) is 12.8 Å². The van der Waals surface area contributed by atoms with E-state index in [4.69, 9.17) is 0 Å². The van der Waals surface area contributed by atoms with Gasteiger partial charge in [0.2, 0.25) is 0 Å². The van der Waals surface area contributed by atoms with Crippen LogP contribution >= 0.6 is 0 Å². The van der Waals surface area contributed by atoms with Gasteiger partial charge in [0.25, 0.3) is 0 Å². The summed E-state index contributed by atoms with van der Waals surface area (Å²) in [4.78, 5) is 0. The molecule has 0 heterocycles. The summed E-state index contributed by atoms with van der Waals surface area (Å²) >= 11 is 0. The Bertz CT molecular complexity index is 3220. The van der Waals surface area contributed by atoms with Gasteiger partial charge in [-0.15, -0.1) is 0 Å². The summed E-state index contributed by atoms with van der Waals surface area (Å²) < 4.78 is 0. The first-order valence-corrected chi connectivity index (χ1v) is 33.4. The van der Waals surface area contributed by atoms with Gasteiger partial charge in [-0.25, -0.2) is 0 Å². The zero-order valence-electron chi connectivity index (χ0n) is 57.1. The molecule has 0 amide bonds. The molecule has 8 aromatic carbocycles. The van der Waals surface area contributed by atoms with Crippen LogP contribution in [0, 0.1) is 0 Å². The van der Waals surface area contributed by atoms with E-state index >= 15 is 0 Å². The highest BCUT2D eigenvalue weighted by Crippen LogP contribution is 2.54. The van der Waals surface area contributed by atoms with Crippen LogP contribution in [0.5, 0.6) is 0 Å². The van der Waals surface area contributed by atoms with Crippen LogP contribution in [-0.4, -0.2) is 0 Å². The normalized spacial score (nSPS) is 13.8. The predicted molar refractivity (Wildman–Crippen MR) is 406 cm³/mol. The summed E-state index contributed by atoms with van der Waals surface area (Å²) in [6.07, 6.45) is 24.1. The maximum atomic E-state index is 2.44. The zero-order chi connectivity index (χ0) is 62.5. The summed E-state index contributed by atoms with van der Waals surface area (Å²) in [6.45, 7) is 52.0. The smallest absolute Gasteiger partial charge is 0.0358 e. The average Bonchev–Trinajstić information content (AvgIpc) is 1.33. The van der Waals surface area contributed by atoms with Crippen LogP contribution in [-0.2, 0) is 6.42 Å². The minimum atomic E-state index is 0. The van der Waals surface area contributed by atoms with Crippen LogP contribution < -0.4 is 0 Å². The van der Waals surface area contributed by atoms with Crippen LogP contribution in [0.3, 0.4) is 0 Å². The standard InChI is InChI=1S/C24H14.C20H14.C12H10.13C2H6.3CH4/c1-2-14-5-6-16-9-11-18-12-10-17-8-7-15-4-3-13(1)19-20(14)22(16)24(18)23(17)21(15)19;1-5-13-6-2-11-17-18-12-4-8-14-7-3-10-16(20(14)18)15(9-1)19(13)17;1-3-9-4-2-6-11-8-7-10(5-1)12(9)11;13*1-2;;;/h1-11,23H,12H2;1-11,18H,12H2;1-5,7-8,11H,6H2;13*1-2H3;3*1H4. The Morgan fingerprint density at radius 2 is 0.718 bits per heavy atom. The number of hydrogen-bond acceptors (Lipinski definition) is 0. The Morgan fingerprint density at radius 1 is 0.306 bits per heavy atom. The monoisotopic (exact) mass is 1150 g/mol. The lowest BCUT2D eigenvalue weighted by Gasteiger charge is -2.36. The van der Waals surface area contributed by atoms with Gasteiger partial charge < -0.3 is 0 Å². The summed E-state index contributed by atoms with van der Waals surface area (Å²) in [6, 6.07) is 45.1. The van der Waals surface area contributed by atoms with E-state index in [1.807, 2.05) is 180 Å². The zero-order valence-corrected chi connectivity index (χ0v) is 57.1. The summed E-state index contributed by atoms with van der Waals surface area (Å²) in [5.74, 6) is 1.63. The molecule has 0 saturated heterocycles. The van der Waals surface area contributed by atoms with Crippen molar-refractivity contribution in [1.29, 1.82) is 0 Å². The first-order chi connectivity index (χ1) is 40.8. The van der Waals surface area contributed by atoms with E-state index in [0.29, 0.717) is 17.8 Å². The SMILES string of the molecule is C.C.C.C1=Cc2ccc3ccc4ccc5ccc6c7c5c4c3c2C7C1=CC6.C1=Cc2cccc3c2C(C1)c1cccc2cccc-3c12.C1=Cc2cccc3c2C(C=C3)C1.CC.CC.CC.CC.CC.CC.CC.CC.CC.CC.CC.CC.CC. The highest BCUT2D eigenvalue weighted by Gasteiger charge is 2.35. The molecule has 15 rings (SSSR count). The van der Waals surface area contributed by atoms with E-state index in [1.54, 1.807) is 16.7 Å². The third-order valence-electron chi connectivity index (χ3n) is 13.8. The number of rotatable bonds is 0. The highest BCUT2D eigenvalue weighted by molar-refractivity contribution is 6.25. The first kappa shape index (κ1) is 84.9. The Hall–Kier alpha value is -6.50. The van der Waals surface area contributed by atoms with Gasteiger partial charge in [-0.3, -0.25) is 0 Å². The van der Waals surface area contributed by atoms with Gasteiger partial charge in [0.15, 0.2) is 0 Å². The van der Waals surface area contributed by atoms with Crippen molar-refractivity contribution in [3.63, 3.8) is 0 Å². The fourth-order valence-corrected chi connectivity index (χ4v) is 11.4. The lowest BCUT2D eigenvalue weighted by atomic mass is 9.67. The minimum Gasteiger partial charge on any atom is -0.0830 e. The molecule has 0 nitrogen and oxygen atoms in total. The average molecular weight is 1150 g/mol. The molecule has 7 aliphatic rings. The molecular weight excluding hydrogens is 1020 g/mol. The second-order valence-corrected chi connectivity index (χ2v) is 16.5. The van der Waals surface area contributed by atoms with E-state index in [2.05, 4.69) is 176 Å². The lowest BCUT2D eigenvalue weighted by Crippen LogP contribution is -2.18. The van der Waals surface area contributed by atoms with Crippen molar-refractivity contribution in [1.82, 2.24) is 0 Å². The number of allylic oxidation sites excluding steroid dienone is 6. The largest absolute Gasteiger partial charge is 0.0830 e. The first-order valence-electron chi connectivity index (χ1n) is 33.4. The van der Waals surface area contributed by atoms with Crippen LogP contribution in [0.15, 0.2) is 157 Å². The molecule has 0 saturated carbocycles. The van der Waals surface area contributed by atoms with E-state index in [9.17, 15) is 0 Å². The van der Waals surface area contributed by atoms with Crippen molar-refractivity contribution in [2.24, 2.45) is 0 Å². The molecule has 0 fully saturated rings. The molecular formula is C85H128. The highest BCUT2D eigenvalue weighted by atomic mass is 14.4. The van der Waals surface area contributed by atoms with Crippen LogP contribution in [0.4, 0.5) is 0 Å². The van der Waals surface area contributed by atoms with Crippen molar-refractivity contribution in [3.05, 3.63) is 213 Å². The summed E-state index contributed by atoms with van der Waals surface area (Å²) in [5, 5.41) is 11.4. The molecule has 0 bridgehead atoms. The van der Waals surface area contributed by atoms with Crippen molar-refractivity contribution >= 4 is 67.4 Å². The number of fused-ring (bicyclic) bond motifs is 2. The van der Waals surface area contributed by atoms with Gasteiger partial charge >= 0.3 is 0 Å². The van der Waals surface area contributed by atoms with Gasteiger partial charge in [0.05, 0.1) is 0 Å². The molecule has 3 unspecified atom stereocenters. The summed E-state index contributed by atoms with van der Waals surface area (Å²) in [5.41, 5.74) is 19.1. The van der Waals surface area contributed by atoms with Crippen LogP contribution in [0.25, 0.3) is 78.5 Å². The second-order valence-electron chi connectivity index (χ2n) is 16.5. The van der Waals surface area contributed by atoms with Gasteiger partial charge in [0, 0.05) is 17.8 Å². The van der Waals surface area contributed by atoms with Gasteiger partial charge in [-0.2, -0.15) is 0 Å². The molecule has 0 heteroatoms. The van der Waals surface area contributed by atoms with Crippen molar-refractivity contribution in [3.8, 4) is 11.1 Å². The van der Waals surface area contributed by atoms with Crippen molar-refractivity contribution in [2.75, 3.05) is 0 Å².